The number of carbonyl (C=O) groups excluding carboxylic acids is 1. The monoisotopic (exact) mass is 285 g/mol. The molecule has 0 amide bonds. The lowest BCUT2D eigenvalue weighted by molar-refractivity contribution is -0.219. The Morgan fingerprint density at radius 2 is 1.89 bits per heavy atom. The van der Waals surface area contributed by atoms with Gasteiger partial charge in [0.1, 0.15) is 5.54 Å². The zero-order valence-electron chi connectivity index (χ0n) is 11.8. The van der Waals surface area contributed by atoms with Crippen LogP contribution in [0.1, 0.15) is 34.1 Å². The minimum Gasteiger partial charge on any atom is -0.465 e. The average molecular weight is 285 g/mol. The zero-order chi connectivity index (χ0) is 15.1. The highest BCUT2D eigenvalue weighted by molar-refractivity contribution is 5.80. The normalized spacial score (nSPS) is 16.8. The summed E-state index contributed by atoms with van der Waals surface area (Å²) in [6.07, 6.45) is -5.63. The summed E-state index contributed by atoms with van der Waals surface area (Å²) < 4.78 is 46.7. The highest BCUT2D eigenvalue weighted by Gasteiger charge is 2.41. The Balaban J connectivity index is 4.63. The first-order chi connectivity index (χ1) is 8.67. The van der Waals surface area contributed by atoms with Crippen LogP contribution >= 0.6 is 0 Å². The second-order valence-electron chi connectivity index (χ2n) is 4.47. The highest BCUT2D eigenvalue weighted by Crippen LogP contribution is 2.23. The Labute approximate surface area is 111 Å². The van der Waals surface area contributed by atoms with Gasteiger partial charge < -0.3 is 14.8 Å². The van der Waals surface area contributed by atoms with E-state index in [2.05, 4.69) is 5.32 Å². The maximum Gasteiger partial charge on any atom is 0.414 e. The van der Waals surface area contributed by atoms with Gasteiger partial charge in [0, 0.05) is 0 Å². The van der Waals surface area contributed by atoms with Crippen molar-refractivity contribution in [1.82, 2.24) is 5.32 Å². The van der Waals surface area contributed by atoms with Crippen LogP contribution in [0.4, 0.5) is 13.2 Å². The van der Waals surface area contributed by atoms with E-state index in [4.69, 9.17) is 9.47 Å². The Bertz CT molecular complexity index is 284. The average Bonchev–Trinajstić information content (AvgIpc) is 2.32. The van der Waals surface area contributed by atoms with Crippen molar-refractivity contribution in [3.8, 4) is 0 Å². The molecule has 0 aromatic rings. The van der Waals surface area contributed by atoms with Crippen molar-refractivity contribution in [3.63, 3.8) is 0 Å². The molecule has 0 fully saturated rings. The molecule has 19 heavy (non-hydrogen) atoms. The van der Waals surface area contributed by atoms with Gasteiger partial charge in [-0.05, 0) is 33.7 Å². The molecule has 0 radical (unpaired) electrons. The number of esters is 1. The van der Waals surface area contributed by atoms with Crippen molar-refractivity contribution >= 4 is 5.97 Å². The van der Waals surface area contributed by atoms with Crippen molar-refractivity contribution < 1.29 is 27.4 Å². The number of hydrogen-bond donors (Lipinski definition) is 1. The van der Waals surface area contributed by atoms with E-state index >= 15 is 0 Å². The van der Waals surface area contributed by atoms with Crippen LogP contribution < -0.4 is 5.32 Å². The Kier molecular flexibility index (Phi) is 7.36. The van der Waals surface area contributed by atoms with E-state index in [0.29, 0.717) is 6.54 Å². The highest BCUT2D eigenvalue weighted by atomic mass is 19.4. The molecule has 0 saturated carbocycles. The fourth-order valence-electron chi connectivity index (χ4n) is 1.26. The van der Waals surface area contributed by atoms with Gasteiger partial charge in [-0.2, -0.15) is 13.2 Å². The Morgan fingerprint density at radius 1 is 1.32 bits per heavy atom. The van der Waals surface area contributed by atoms with Gasteiger partial charge in [0.05, 0.1) is 13.2 Å². The molecular formula is C12H22F3NO3. The summed E-state index contributed by atoms with van der Waals surface area (Å²) in [4.78, 5) is 11.8. The quantitative estimate of drug-likeness (QED) is 0.695. The van der Waals surface area contributed by atoms with E-state index in [1.54, 1.807) is 6.92 Å². The van der Waals surface area contributed by atoms with E-state index in [0.717, 1.165) is 13.3 Å². The summed E-state index contributed by atoms with van der Waals surface area (Å²) in [6.45, 7) is 6.16. The predicted molar refractivity (Wildman–Crippen MR) is 64.8 cm³/mol. The molecule has 0 aromatic heterocycles. The third kappa shape index (κ3) is 6.24. The van der Waals surface area contributed by atoms with E-state index < -0.39 is 30.4 Å². The van der Waals surface area contributed by atoms with Gasteiger partial charge in [-0.1, -0.05) is 6.92 Å². The summed E-state index contributed by atoms with van der Waals surface area (Å²) in [6, 6.07) is 0. The smallest absolute Gasteiger partial charge is 0.414 e. The maximum absolute atomic E-state index is 12.4. The Hall–Kier alpha value is -0.820. The van der Waals surface area contributed by atoms with Crippen LogP contribution in [0.15, 0.2) is 0 Å². The first-order valence-electron chi connectivity index (χ1n) is 6.28. The van der Waals surface area contributed by atoms with E-state index in [9.17, 15) is 18.0 Å². The van der Waals surface area contributed by atoms with Crippen LogP contribution in [0.25, 0.3) is 0 Å². The van der Waals surface area contributed by atoms with Crippen LogP contribution in [0.5, 0.6) is 0 Å². The lowest BCUT2D eigenvalue weighted by Crippen LogP contribution is -2.55. The molecule has 4 nitrogen and oxygen atoms in total. The molecule has 0 spiro atoms. The summed E-state index contributed by atoms with van der Waals surface area (Å²) in [5.41, 5.74) is -1.27. The first kappa shape index (κ1) is 18.2. The SMILES string of the molecule is CCCNC(C)(COC(C)C(F)(F)F)C(=O)OCC. The number of carbonyl (C=O) groups is 1. The van der Waals surface area contributed by atoms with Crippen LogP contribution in [0.3, 0.4) is 0 Å². The van der Waals surface area contributed by atoms with Gasteiger partial charge in [0.25, 0.3) is 0 Å². The third-order valence-electron chi connectivity index (χ3n) is 2.57. The van der Waals surface area contributed by atoms with Gasteiger partial charge in [-0.25, -0.2) is 4.79 Å². The molecule has 2 unspecified atom stereocenters. The standard InChI is InChI=1S/C12H22F3NO3/c1-5-7-16-11(4,10(17)18-6-2)8-19-9(3)12(13,14)15/h9,16H,5-8H2,1-4H3. The van der Waals surface area contributed by atoms with Crippen LogP contribution in [-0.4, -0.2) is 43.5 Å². The number of halogens is 3. The summed E-state index contributed by atoms with van der Waals surface area (Å²) in [5, 5.41) is 2.87. The molecule has 7 heteroatoms. The number of ether oxygens (including phenoxy) is 2. The molecular weight excluding hydrogens is 263 g/mol. The number of nitrogens with one attached hydrogen (secondary N) is 1. The van der Waals surface area contributed by atoms with E-state index in [1.807, 2.05) is 6.92 Å². The molecule has 0 aliphatic carbocycles. The van der Waals surface area contributed by atoms with Crippen LogP contribution in [0, 0.1) is 0 Å². The molecule has 114 valence electrons. The van der Waals surface area contributed by atoms with E-state index in [-0.39, 0.29) is 6.61 Å². The number of alkyl halides is 3. The van der Waals surface area contributed by atoms with Gasteiger partial charge in [0.15, 0.2) is 6.10 Å². The van der Waals surface area contributed by atoms with Crippen LogP contribution in [-0.2, 0) is 14.3 Å². The molecule has 2 atom stereocenters. The number of hydrogen-bond acceptors (Lipinski definition) is 4. The molecule has 0 saturated heterocycles. The van der Waals surface area contributed by atoms with Crippen molar-refractivity contribution in [2.24, 2.45) is 0 Å². The van der Waals surface area contributed by atoms with E-state index in [1.165, 1.54) is 6.92 Å². The molecule has 1 N–H and O–H groups in total. The topological polar surface area (TPSA) is 47.6 Å². The van der Waals surface area contributed by atoms with Crippen molar-refractivity contribution in [1.29, 1.82) is 0 Å². The van der Waals surface area contributed by atoms with Crippen molar-refractivity contribution in [3.05, 3.63) is 0 Å². The fraction of sp³-hybridized carbons (Fsp3) is 0.917. The van der Waals surface area contributed by atoms with Crippen LogP contribution in [0.2, 0.25) is 0 Å². The lowest BCUT2D eigenvalue weighted by Gasteiger charge is -2.30. The summed E-state index contributed by atoms with van der Waals surface area (Å²) in [7, 11) is 0. The van der Waals surface area contributed by atoms with Gasteiger partial charge in [-0.3, -0.25) is 0 Å². The molecule has 0 rings (SSSR count). The molecule has 0 aliphatic heterocycles. The van der Waals surface area contributed by atoms with Gasteiger partial charge in [0.2, 0.25) is 0 Å². The minimum atomic E-state index is -4.44. The second kappa shape index (κ2) is 7.69. The fourth-order valence-corrected chi connectivity index (χ4v) is 1.26. The Morgan fingerprint density at radius 3 is 2.32 bits per heavy atom. The molecule has 0 aromatic carbocycles. The third-order valence-corrected chi connectivity index (χ3v) is 2.57. The van der Waals surface area contributed by atoms with Gasteiger partial charge >= 0.3 is 12.1 Å². The van der Waals surface area contributed by atoms with Crippen molar-refractivity contribution in [2.45, 2.75) is 51.9 Å². The molecule has 0 aliphatic rings. The van der Waals surface area contributed by atoms with Gasteiger partial charge in [-0.15, -0.1) is 0 Å². The maximum atomic E-state index is 12.4. The molecule has 0 bridgehead atoms. The second-order valence-corrected chi connectivity index (χ2v) is 4.47. The summed E-state index contributed by atoms with van der Waals surface area (Å²) >= 11 is 0. The summed E-state index contributed by atoms with van der Waals surface area (Å²) in [5.74, 6) is -0.613. The predicted octanol–water partition coefficient (Wildman–Crippen LogP) is 2.28. The largest absolute Gasteiger partial charge is 0.465 e. The van der Waals surface area contributed by atoms with Crippen molar-refractivity contribution in [2.75, 3.05) is 19.8 Å². The minimum absolute atomic E-state index is 0.164. The first-order valence-corrected chi connectivity index (χ1v) is 6.28. The molecule has 0 heterocycles. The lowest BCUT2D eigenvalue weighted by atomic mass is 10.0. The zero-order valence-corrected chi connectivity index (χ0v) is 11.8. The number of rotatable bonds is 8.